The number of nitrogens with two attached hydrogens (primary N) is 1. The Bertz CT molecular complexity index is 331. The second-order valence-corrected chi connectivity index (χ2v) is 3.45. The van der Waals surface area contributed by atoms with Crippen LogP contribution in [-0.4, -0.2) is 22.2 Å². The molecular formula is C8H11N3O. The minimum atomic E-state index is 0.238. The third-order valence-electron chi connectivity index (χ3n) is 2.51. The fourth-order valence-corrected chi connectivity index (χ4v) is 1.98. The van der Waals surface area contributed by atoms with Gasteiger partial charge in [0.25, 0.3) is 0 Å². The molecule has 3 heterocycles. The van der Waals surface area contributed by atoms with Gasteiger partial charge in [-0.15, -0.1) is 0 Å². The number of rotatable bonds is 0. The number of nitrogens with zero attached hydrogens (tertiary/aromatic N) is 2. The predicted molar refractivity (Wildman–Crippen MR) is 43.1 cm³/mol. The zero-order valence-corrected chi connectivity index (χ0v) is 6.79. The SMILES string of the molecule is NC1Cc2nc3c(n2C1)OCC3. The van der Waals surface area contributed by atoms with Gasteiger partial charge in [0, 0.05) is 25.4 Å². The topological polar surface area (TPSA) is 53.1 Å². The Morgan fingerprint density at radius 3 is 3.42 bits per heavy atom. The van der Waals surface area contributed by atoms with E-state index in [1.165, 1.54) is 0 Å². The molecule has 0 aliphatic carbocycles. The first-order chi connectivity index (χ1) is 5.84. The van der Waals surface area contributed by atoms with Gasteiger partial charge in [0.1, 0.15) is 11.5 Å². The maximum Gasteiger partial charge on any atom is 0.217 e. The lowest BCUT2D eigenvalue weighted by atomic mass is 10.2. The van der Waals surface area contributed by atoms with Crippen molar-refractivity contribution in [3.8, 4) is 5.88 Å². The van der Waals surface area contributed by atoms with E-state index in [2.05, 4.69) is 9.55 Å². The van der Waals surface area contributed by atoms with Crippen molar-refractivity contribution in [2.75, 3.05) is 6.61 Å². The molecule has 2 N–H and O–H groups in total. The summed E-state index contributed by atoms with van der Waals surface area (Å²) in [5, 5.41) is 0. The highest BCUT2D eigenvalue weighted by atomic mass is 16.5. The molecule has 1 aromatic heterocycles. The van der Waals surface area contributed by atoms with Gasteiger partial charge in [-0.3, -0.25) is 4.57 Å². The molecule has 0 aromatic carbocycles. The molecule has 0 radical (unpaired) electrons. The van der Waals surface area contributed by atoms with Crippen molar-refractivity contribution in [3.63, 3.8) is 0 Å². The Morgan fingerprint density at radius 1 is 1.58 bits per heavy atom. The summed E-state index contributed by atoms with van der Waals surface area (Å²) in [6.07, 6.45) is 1.86. The Kier molecular flexibility index (Phi) is 1.09. The fourth-order valence-electron chi connectivity index (χ4n) is 1.98. The summed E-state index contributed by atoms with van der Waals surface area (Å²) in [5.74, 6) is 2.07. The summed E-state index contributed by atoms with van der Waals surface area (Å²) in [7, 11) is 0. The third kappa shape index (κ3) is 0.679. The molecule has 64 valence electrons. The van der Waals surface area contributed by atoms with E-state index in [0.29, 0.717) is 0 Å². The molecule has 0 amide bonds. The largest absolute Gasteiger partial charge is 0.477 e. The van der Waals surface area contributed by atoms with Crippen LogP contribution in [0.25, 0.3) is 0 Å². The Labute approximate surface area is 70.3 Å². The van der Waals surface area contributed by atoms with Crippen molar-refractivity contribution in [2.24, 2.45) is 5.73 Å². The molecule has 1 aromatic rings. The number of imidazole rings is 1. The van der Waals surface area contributed by atoms with Crippen LogP contribution in [0, 0.1) is 0 Å². The van der Waals surface area contributed by atoms with Gasteiger partial charge < -0.3 is 10.5 Å². The molecule has 0 bridgehead atoms. The lowest BCUT2D eigenvalue weighted by Gasteiger charge is -2.02. The molecule has 4 heteroatoms. The van der Waals surface area contributed by atoms with Crippen molar-refractivity contribution >= 4 is 0 Å². The average Bonchev–Trinajstić information content (AvgIpc) is 2.59. The summed E-state index contributed by atoms with van der Waals surface area (Å²) >= 11 is 0. The first-order valence-corrected chi connectivity index (χ1v) is 4.31. The van der Waals surface area contributed by atoms with E-state index in [0.717, 1.165) is 43.4 Å². The van der Waals surface area contributed by atoms with Crippen molar-refractivity contribution < 1.29 is 4.74 Å². The lowest BCUT2D eigenvalue weighted by molar-refractivity contribution is 0.326. The van der Waals surface area contributed by atoms with E-state index in [9.17, 15) is 0 Å². The molecule has 3 rings (SSSR count). The van der Waals surface area contributed by atoms with Crippen LogP contribution >= 0.6 is 0 Å². The van der Waals surface area contributed by atoms with Crippen LogP contribution in [0.3, 0.4) is 0 Å². The van der Waals surface area contributed by atoms with E-state index in [1.54, 1.807) is 0 Å². The third-order valence-corrected chi connectivity index (χ3v) is 2.51. The van der Waals surface area contributed by atoms with Crippen LogP contribution in [0.2, 0.25) is 0 Å². The Hall–Kier alpha value is -1.03. The quantitative estimate of drug-likeness (QED) is 0.574. The summed E-state index contributed by atoms with van der Waals surface area (Å²) < 4.78 is 7.59. The van der Waals surface area contributed by atoms with Crippen LogP contribution < -0.4 is 10.5 Å². The molecule has 2 aliphatic rings. The summed E-state index contributed by atoms with van der Waals surface area (Å²) in [6, 6.07) is 0.238. The summed E-state index contributed by atoms with van der Waals surface area (Å²) in [5.41, 5.74) is 6.93. The van der Waals surface area contributed by atoms with Crippen molar-refractivity contribution in [1.29, 1.82) is 0 Å². The zero-order valence-electron chi connectivity index (χ0n) is 6.79. The van der Waals surface area contributed by atoms with Crippen LogP contribution in [0.15, 0.2) is 0 Å². The van der Waals surface area contributed by atoms with Crippen LogP contribution in [0.4, 0.5) is 0 Å². The van der Waals surface area contributed by atoms with E-state index in [4.69, 9.17) is 10.5 Å². The monoisotopic (exact) mass is 165 g/mol. The molecule has 2 aliphatic heterocycles. The van der Waals surface area contributed by atoms with Gasteiger partial charge in [-0.1, -0.05) is 0 Å². The van der Waals surface area contributed by atoms with Crippen LogP contribution in [0.5, 0.6) is 5.88 Å². The number of hydrogen-bond donors (Lipinski definition) is 1. The number of ether oxygens (including phenoxy) is 1. The minimum Gasteiger partial charge on any atom is -0.477 e. The molecule has 0 spiro atoms. The molecule has 1 atom stereocenters. The van der Waals surface area contributed by atoms with E-state index in [-0.39, 0.29) is 6.04 Å². The van der Waals surface area contributed by atoms with Gasteiger partial charge in [0.2, 0.25) is 5.88 Å². The maximum atomic E-state index is 5.81. The average molecular weight is 165 g/mol. The van der Waals surface area contributed by atoms with Gasteiger partial charge in [0.15, 0.2) is 0 Å². The standard InChI is InChI=1S/C8H11N3O/c9-5-3-7-10-6-1-2-12-8(6)11(7)4-5/h5H,1-4,9H2. The maximum absolute atomic E-state index is 5.81. The number of aromatic nitrogens is 2. The highest BCUT2D eigenvalue weighted by Gasteiger charge is 2.28. The second-order valence-electron chi connectivity index (χ2n) is 3.45. The first-order valence-electron chi connectivity index (χ1n) is 4.31. The van der Waals surface area contributed by atoms with Crippen LogP contribution in [-0.2, 0) is 19.4 Å². The van der Waals surface area contributed by atoms with Crippen molar-refractivity contribution in [3.05, 3.63) is 11.5 Å². The molecule has 4 nitrogen and oxygen atoms in total. The van der Waals surface area contributed by atoms with Gasteiger partial charge in [-0.2, -0.15) is 0 Å². The normalized spacial score (nSPS) is 25.2. The molecule has 0 saturated heterocycles. The summed E-state index contributed by atoms with van der Waals surface area (Å²) in [4.78, 5) is 4.48. The lowest BCUT2D eigenvalue weighted by Crippen LogP contribution is -2.21. The zero-order chi connectivity index (χ0) is 8.13. The van der Waals surface area contributed by atoms with Gasteiger partial charge >= 0.3 is 0 Å². The molecule has 1 unspecified atom stereocenters. The van der Waals surface area contributed by atoms with E-state index in [1.807, 2.05) is 0 Å². The molecule has 0 fully saturated rings. The number of fused-ring (bicyclic) bond motifs is 3. The van der Waals surface area contributed by atoms with Gasteiger partial charge in [0.05, 0.1) is 6.61 Å². The van der Waals surface area contributed by atoms with Gasteiger partial charge in [-0.25, -0.2) is 4.98 Å². The predicted octanol–water partition coefficient (Wildman–Crippen LogP) is -0.299. The molecular weight excluding hydrogens is 154 g/mol. The molecule has 12 heavy (non-hydrogen) atoms. The smallest absolute Gasteiger partial charge is 0.217 e. The van der Waals surface area contributed by atoms with E-state index >= 15 is 0 Å². The van der Waals surface area contributed by atoms with Crippen molar-refractivity contribution in [1.82, 2.24) is 9.55 Å². The number of hydrogen-bond acceptors (Lipinski definition) is 3. The van der Waals surface area contributed by atoms with Gasteiger partial charge in [-0.05, 0) is 0 Å². The Balaban J connectivity index is 2.12. The highest BCUT2D eigenvalue weighted by Crippen LogP contribution is 2.29. The van der Waals surface area contributed by atoms with Crippen molar-refractivity contribution in [2.45, 2.75) is 25.4 Å². The summed E-state index contributed by atoms with van der Waals surface area (Å²) in [6.45, 7) is 1.66. The minimum absolute atomic E-state index is 0.238. The highest BCUT2D eigenvalue weighted by molar-refractivity contribution is 5.29. The fraction of sp³-hybridized carbons (Fsp3) is 0.625. The van der Waals surface area contributed by atoms with Crippen LogP contribution in [0.1, 0.15) is 11.5 Å². The molecule has 0 saturated carbocycles. The second kappa shape index (κ2) is 2.01. The van der Waals surface area contributed by atoms with E-state index < -0.39 is 0 Å². The Morgan fingerprint density at radius 2 is 2.50 bits per heavy atom. The first kappa shape index (κ1) is 6.48.